The summed E-state index contributed by atoms with van der Waals surface area (Å²) in [4.78, 5) is 8.87. The third-order valence-corrected chi connectivity index (χ3v) is 3.30. The summed E-state index contributed by atoms with van der Waals surface area (Å²) in [7, 11) is 0. The van der Waals surface area contributed by atoms with Crippen LogP contribution < -0.4 is 11.1 Å². The fourth-order valence-electron chi connectivity index (χ4n) is 1.54. The fourth-order valence-corrected chi connectivity index (χ4v) is 2.34. The first-order valence-corrected chi connectivity index (χ1v) is 6.84. The van der Waals surface area contributed by atoms with E-state index in [0.717, 1.165) is 5.01 Å². The number of thiazole rings is 1. The Balaban J connectivity index is 1.89. The quantitative estimate of drug-likeness (QED) is 0.640. The third kappa shape index (κ3) is 4.00. The van der Waals surface area contributed by atoms with Crippen molar-refractivity contribution in [2.45, 2.75) is 51.6 Å². The highest BCUT2D eigenvalue weighted by molar-refractivity contribution is 7.09. The lowest BCUT2D eigenvalue weighted by Gasteiger charge is -2.20. The molecule has 0 radical (unpaired) electrons. The van der Waals surface area contributed by atoms with Gasteiger partial charge in [0.2, 0.25) is 0 Å². The van der Waals surface area contributed by atoms with Gasteiger partial charge in [-0.05, 0) is 33.6 Å². The van der Waals surface area contributed by atoms with Crippen LogP contribution in [-0.4, -0.2) is 16.5 Å². The van der Waals surface area contributed by atoms with Crippen LogP contribution in [0, 0.1) is 0 Å². The minimum atomic E-state index is -0.0460. The van der Waals surface area contributed by atoms with E-state index in [-0.39, 0.29) is 5.54 Å². The molecule has 0 aromatic carbocycles. The minimum Gasteiger partial charge on any atom is -0.370 e. The average molecular weight is 252 g/mol. The number of aliphatic imine (C=N–C) groups is 1. The van der Waals surface area contributed by atoms with Gasteiger partial charge in [-0.3, -0.25) is 0 Å². The van der Waals surface area contributed by atoms with Crippen molar-refractivity contribution in [1.29, 1.82) is 0 Å². The predicted molar refractivity (Wildman–Crippen MR) is 72.3 cm³/mol. The zero-order chi connectivity index (χ0) is 12.5. The average Bonchev–Trinajstić information content (AvgIpc) is 2.93. The Labute approximate surface area is 106 Å². The first kappa shape index (κ1) is 12.4. The topological polar surface area (TPSA) is 63.3 Å². The summed E-state index contributed by atoms with van der Waals surface area (Å²) in [5.74, 6) is 1.20. The van der Waals surface area contributed by atoms with E-state index in [0.29, 0.717) is 18.4 Å². The Morgan fingerprint density at radius 1 is 1.59 bits per heavy atom. The zero-order valence-corrected chi connectivity index (χ0v) is 11.5. The summed E-state index contributed by atoms with van der Waals surface area (Å²) in [6, 6.07) is 0. The maximum Gasteiger partial charge on any atom is 0.189 e. The summed E-state index contributed by atoms with van der Waals surface area (Å²) in [5, 5.41) is 6.33. The summed E-state index contributed by atoms with van der Waals surface area (Å²) in [6.45, 7) is 6.75. The van der Waals surface area contributed by atoms with Crippen LogP contribution in [0.2, 0.25) is 0 Å². The van der Waals surface area contributed by atoms with Crippen LogP contribution in [0.5, 0.6) is 0 Å². The van der Waals surface area contributed by atoms with E-state index in [2.05, 4.69) is 41.4 Å². The number of guanidine groups is 1. The normalized spacial score (nSPS) is 17.2. The van der Waals surface area contributed by atoms with Gasteiger partial charge in [-0.1, -0.05) is 0 Å². The molecule has 0 spiro atoms. The molecule has 1 aliphatic carbocycles. The standard InChI is InChI=1S/C12H20N4S/c1-12(2,3)16-11(13)14-6-10-15-9(7-17-10)8-4-5-8/h7-8H,4-6H2,1-3H3,(H3,13,14,16). The van der Waals surface area contributed by atoms with E-state index in [9.17, 15) is 0 Å². The van der Waals surface area contributed by atoms with E-state index in [4.69, 9.17) is 5.73 Å². The molecule has 0 amide bonds. The van der Waals surface area contributed by atoms with Crippen LogP contribution >= 0.6 is 11.3 Å². The van der Waals surface area contributed by atoms with Crippen molar-refractivity contribution >= 4 is 17.3 Å². The van der Waals surface area contributed by atoms with E-state index in [1.54, 1.807) is 11.3 Å². The molecule has 2 rings (SSSR count). The second-order valence-electron chi connectivity index (χ2n) is 5.52. The van der Waals surface area contributed by atoms with Crippen LogP contribution in [0.3, 0.4) is 0 Å². The number of rotatable bonds is 3. The predicted octanol–water partition coefficient (Wildman–Crippen LogP) is 2.22. The Kier molecular flexibility index (Phi) is 3.38. The number of hydrogen-bond acceptors (Lipinski definition) is 3. The number of hydrogen-bond donors (Lipinski definition) is 2. The molecule has 0 aliphatic heterocycles. The van der Waals surface area contributed by atoms with Gasteiger partial charge in [0.05, 0.1) is 12.2 Å². The molecule has 3 N–H and O–H groups in total. The maximum absolute atomic E-state index is 5.80. The van der Waals surface area contributed by atoms with Crippen molar-refractivity contribution in [2.24, 2.45) is 10.7 Å². The molecule has 0 saturated heterocycles. The monoisotopic (exact) mass is 252 g/mol. The van der Waals surface area contributed by atoms with Gasteiger partial charge in [-0.25, -0.2) is 9.98 Å². The summed E-state index contributed by atoms with van der Waals surface area (Å²) in [6.07, 6.45) is 2.58. The number of aromatic nitrogens is 1. The van der Waals surface area contributed by atoms with E-state index in [1.807, 2.05) is 0 Å². The largest absolute Gasteiger partial charge is 0.370 e. The molecular formula is C12H20N4S. The summed E-state index contributed by atoms with van der Waals surface area (Å²) < 4.78 is 0. The minimum absolute atomic E-state index is 0.0460. The highest BCUT2D eigenvalue weighted by atomic mass is 32.1. The Morgan fingerprint density at radius 2 is 2.29 bits per heavy atom. The molecule has 0 unspecified atom stereocenters. The van der Waals surface area contributed by atoms with Gasteiger partial charge in [0.25, 0.3) is 0 Å². The fraction of sp³-hybridized carbons (Fsp3) is 0.667. The van der Waals surface area contributed by atoms with Gasteiger partial charge in [0, 0.05) is 16.8 Å². The van der Waals surface area contributed by atoms with Gasteiger partial charge >= 0.3 is 0 Å². The van der Waals surface area contributed by atoms with E-state index in [1.165, 1.54) is 18.5 Å². The smallest absolute Gasteiger partial charge is 0.189 e. The van der Waals surface area contributed by atoms with Crippen LogP contribution in [-0.2, 0) is 6.54 Å². The van der Waals surface area contributed by atoms with Crippen molar-refractivity contribution in [3.05, 3.63) is 16.1 Å². The molecule has 1 heterocycles. The molecule has 1 saturated carbocycles. The highest BCUT2D eigenvalue weighted by Crippen LogP contribution is 2.40. The molecule has 1 aliphatic rings. The molecule has 94 valence electrons. The molecule has 0 atom stereocenters. The highest BCUT2D eigenvalue weighted by Gasteiger charge is 2.25. The van der Waals surface area contributed by atoms with Gasteiger partial charge in [-0.2, -0.15) is 0 Å². The Morgan fingerprint density at radius 3 is 2.88 bits per heavy atom. The third-order valence-electron chi connectivity index (χ3n) is 2.45. The molecule has 0 bridgehead atoms. The summed E-state index contributed by atoms with van der Waals surface area (Å²) in [5.41, 5.74) is 6.99. The van der Waals surface area contributed by atoms with Gasteiger partial charge in [0.1, 0.15) is 5.01 Å². The first-order chi connectivity index (χ1) is 7.94. The van der Waals surface area contributed by atoms with Gasteiger partial charge < -0.3 is 11.1 Å². The van der Waals surface area contributed by atoms with Crippen LogP contribution in [0.25, 0.3) is 0 Å². The molecule has 5 heteroatoms. The SMILES string of the molecule is CC(C)(C)NC(N)=NCc1nc(C2CC2)cs1. The summed E-state index contributed by atoms with van der Waals surface area (Å²) >= 11 is 1.68. The maximum atomic E-state index is 5.80. The van der Waals surface area contributed by atoms with Crippen LogP contribution in [0.15, 0.2) is 10.4 Å². The number of nitrogens with one attached hydrogen (secondary N) is 1. The second kappa shape index (κ2) is 4.64. The zero-order valence-electron chi connectivity index (χ0n) is 10.7. The van der Waals surface area contributed by atoms with Gasteiger partial charge in [-0.15, -0.1) is 11.3 Å². The van der Waals surface area contributed by atoms with Crippen LogP contribution in [0.1, 0.15) is 50.2 Å². The van der Waals surface area contributed by atoms with Gasteiger partial charge in [0.15, 0.2) is 5.96 Å². The van der Waals surface area contributed by atoms with Crippen molar-refractivity contribution in [3.63, 3.8) is 0 Å². The molecule has 17 heavy (non-hydrogen) atoms. The van der Waals surface area contributed by atoms with Crippen molar-refractivity contribution < 1.29 is 0 Å². The number of nitrogens with two attached hydrogens (primary N) is 1. The van der Waals surface area contributed by atoms with Crippen molar-refractivity contribution in [1.82, 2.24) is 10.3 Å². The first-order valence-electron chi connectivity index (χ1n) is 5.96. The van der Waals surface area contributed by atoms with Crippen molar-refractivity contribution in [2.75, 3.05) is 0 Å². The van der Waals surface area contributed by atoms with E-state index >= 15 is 0 Å². The Bertz CT molecular complexity index is 412. The second-order valence-corrected chi connectivity index (χ2v) is 6.46. The molecule has 4 nitrogen and oxygen atoms in total. The van der Waals surface area contributed by atoms with E-state index < -0.39 is 0 Å². The van der Waals surface area contributed by atoms with Crippen molar-refractivity contribution in [3.8, 4) is 0 Å². The molecular weight excluding hydrogens is 232 g/mol. The molecule has 1 fully saturated rings. The Hall–Kier alpha value is -1.10. The lowest BCUT2D eigenvalue weighted by atomic mass is 10.1. The molecule has 1 aromatic rings. The number of nitrogens with zero attached hydrogens (tertiary/aromatic N) is 2. The lowest BCUT2D eigenvalue weighted by molar-refractivity contribution is 0.508. The lowest BCUT2D eigenvalue weighted by Crippen LogP contribution is -2.44. The van der Waals surface area contributed by atoms with Crippen LogP contribution in [0.4, 0.5) is 0 Å². The molecule has 1 aromatic heterocycles.